The highest BCUT2D eigenvalue weighted by molar-refractivity contribution is 6.39. The number of nitrogens with one attached hydrogen (secondary N) is 1. The molecule has 1 heterocycles. The molecule has 112 valence electrons. The van der Waals surface area contributed by atoms with Crippen molar-refractivity contribution in [3.63, 3.8) is 0 Å². The Kier molecular flexibility index (Phi) is 4.22. The lowest BCUT2D eigenvalue weighted by molar-refractivity contribution is -0.111. The number of hydrogen-bond acceptors (Lipinski definition) is 3. The van der Waals surface area contributed by atoms with E-state index in [1.807, 2.05) is 6.07 Å². The number of carbonyl (C=O) groups is 1. The summed E-state index contributed by atoms with van der Waals surface area (Å²) in [6, 6.07) is 10.5. The SMILES string of the molecule is O=C(C=Cc1ccc2c(c1)OCO2)Nc1c(Cl)cccc1Cl. The molecule has 0 unspecified atom stereocenters. The van der Waals surface area contributed by atoms with Gasteiger partial charge in [-0.2, -0.15) is 0 Å². The van der Waals surface area contributed by atoms with Crippen molar-refractivity contribution in [3.8, 4) is 11.5 Å². The van der Waals surface area contributed by atoms with Crippen molar-refractivity contribution in [2.75, 3.05) is 12.1 Å². The van der Waals surface area contributed by atoms with Gasteiger partial charge < -0.3 is 14.8 Å². The summed E-state index contributed by atoms with van der Waals surface area (Å²) in [6.45, 7) is 0.216. The fourth-order valence-corrected chi connectivity index (χ4v) is 2.46. The number of anilines is 1. The minimum absolute atomic E-state index is 0.216. The Bertz CT molecular complexity index is 739. The van der Waals surface area contributed by atoms with Crippen LogP contribution in [0.15, 0.2) is 42.5 Å². The van der Waals surface area contributed by atoms with Crippen LogP contribution in [0, 0.1) is 0 Å². The van der Waals surface area contributed by atoms with Crippen molar-refractivity contribution in [1.29, 1.82) is 0 Å². The average molecular weight is 336 g/mol. The minimum atomic E-state index is -0.326. The number of benzene rings is 2. The zero-order valence-electron chi connectivity index (χ0n) is 11.3. The Morgan fingerprint density at radius 1 is 1.09 bits per heavy atom. The average Bonchev–Trinajstić information content (AvgIpc) is 2.96. The van der Waals surface area contributed by atoms with Crippen LogP contribution in [0.4, 0.5) is 5.69 Å². The van der Waals surface area contributed by atoms with Crippen molar-refractivity contribution < 1.29 is 14.3 Å². The highest BCUT2D eigenvalue weighted by Crippen LogP contribution is 2.33. The van der Waals surface area contributed by atoms with Crippen molar-refractivity contribution >= 4 is 40.9 Å². The summed E-state index contributed by atoms with van der Waals surface area (Å²) in [5, 5.41) is 3.43. The topological polar surface area (TPSA) is 47.6 Å². The van der Waals surface area contributed by atoms with E-state index < -0.39 is 0 Å². The first-order chi connectivity index (χ1) is 10.6. The molecule has 1 N–H and O–H groups in total. The first kappa shape index (κ1) is 14.8. The third-order valence-corrected chi connectivity index (χ3v) is 3.66. The molecule has 0 fully saturated rings. The number of halogens is 2. The predicted octanol–water partition coefficient (Wildman–Crippen LogP) is 4.37. The number of ether oxygens (including phenoxy) is 2. The summed E-state index contributed by atoms with van der Waals surface area (Å²) in [6.07, 6.45) is 3.07. The van der Waals surface area contributed by atoms with Crippen LogP contribution < -0.4 is 14.8 Å². The molecular formula is C16H11Cl2NO3. The molecule has 1 aliphatic rings. The minimum Gasteiger partial charge on any atom is -0.454 e. The molecule has 1 amide bonds. The standard InChI is InChI=1S/C16H11Cl2NO3/c17-11-2-1-3-12(18)16(11)19-15(20)7-5-10-4-6-13-14(8-10)22-9-21-13/h1-8H,9H2,(H,19,20). The molecule has 4 nitrogen and oxygen atoms in total. The zero-order valence-corrected chi connectivity index (χ0v) is 12.8. The van der Waals surface area contributed by atoms with Crippen LogP contribution in [0.3, 0.4) is 0 Å². The van der Waals surface area contributed by atoms with E-state index >= 15 is 0 Å². The van der Waals surface area contributed by atoms with E-state index in [0.717, 1.165) is 5.56 Å². The Morgan fingerprint density at radius 3 is 2.59 bits per heavy atom. The van der Waals surface area contributed by atoms with Gasteiger partial charge in [-0.05, 0) is 35.9 Å². The van der Waals surface area contributed by atoms with Crippen molar-refractivity contribution in [1.82, 2.24) is 0 Å². The fourth-order valence-electron chi connectivity index (χ4n) is 1.97. The van der Waals surface area contributed by atoms with Crippen molar-refractivity contribution in [3.05, 3.63) is 58.1 Å². The maximum Gasteiger partial charge on any atom is 0.248 e. The lowest BCUT2D eigenvalue weighted by Crippen LogP contribution is -2.08. The Morgan fingerprint density at radius 2 is 1.82 bits per heavy atom. The van der Waals surface area contributed by atoms with Crippen molar-refractivity contribution in [2.24, 2.45) is 0 Å². The number of fused-ring (bicyclic) bond motifs is 1. The molecule has 0 saturated heterocycles. The number of amides is 1. The number of para-hydroxylation sites is 1. The van der Waals surface area contributed by atoms with Crippen LogP contribution in [-0.4, -0.2) is 12.7 Å². The van der Waals surface area contributed by atoms with Crippen LogP contribution >= 0.6 is 23.2 Å². The molecule has 0 aliphatic carbocycles. The van der Waals surface area contributed by atoms with Crippen LogP contribution in [-0.2, 0) is 4.79 Å². The second-order valence-electron chi connectivity index (χ2n) is 4.53. The van der Waals surface area contributed by atoms with E-state index in [9.17, 15) is 4.79 Å². The molecular weight excluding hydrogens is 325 g/mol. The van der Waals surface area contributed by atoms with Crippen LogP contribution in [0.2, 0.25) is 10.0 Å². The van der Waals surface area contributed by atoms with Gasteiger partial charge in [-0.25, -0.2) is 0 Å². The summed E-state index contributed by atoms with van der Waals surface area (Å²) in [4.78, 5) is 12.0. The molecule has 0 saturated carbocycles. The van der Waals surface area contributed by atoms with Crippen LogP contribution in [0.25, 0.3) is 6.08 Å². The second kappa shape index (κ2) is 6.30. The molecule has 3 rings (SSSR count). The van der Waals surface area contributed by atoms with Gasteiger partial charge in [0.2, 0.25) is 12.7 Å². The lowest BCUT2D eigenvalue weighted by atomic mass is 10.2. The summed E-state index contributed by atoms with van der Waals surface area (Å²) in [5.41, 5.74) is 1.22. The predicted molar refractivity (Wildman–Crippen MR) is 86.7 cm³/mol. The van der Waals surface area contributed by atoms with E-state index in [0.29, 0.717) is 27.2 Å². The van der Waals surface area contributed by atoms with Crippen molar-refractivity contribution in [2.45, 2.75) is 0 Å². The van der Waals surface area contributed by atoms with E-state index in [-0.39, 0.29) is 12.7 Å². The van der Waals surface area contributed by atoms with Crippen LogP contribution in [0.5, 0.6) is 11.5 Å². The van der Waals surface area contributed by atoms with Gasteiger partial charge in [0.25, 0.3) is 0 Å². The molecule has 0 radical (unpaired) electrons. The Hall–Kier alpha value is -2.17. The first-order valence-corrected chi connectivity index (χ1v) is 7.22. The number of carbonyl (C=O) groups excluding carboxylic acids is 1. The molecule has 0 spiro atoms. The van der Waals surface area contributed by atoms with E-state index in [2.05, 4.69) is 5.32 Å². The monoisotopic (exact) mass is 335 g/mol. The molecule has 2 aromatic carbocycles. The van der Waals surface area contributed by atoms with E-state index in [4.69, 9.17) is 32.7 Å². The highest BCUT2D eigenvalue weighted by Gasteiger charge is 2.12. The van der Waals surface area contributed by atoms with Gasteiger partial charge in [-0.3, -0.25) is 4.79 Å². The maximum atomic E-state index is 12.0. The smallest absolute Gasteiger partial charge is 0.248 e. The van der Waals surface area contributed by atoms with Gasteiger partial charge in [0.15, 0.2) is 11.5 Å². The van der Waals surface area contributed by atoms with Gasteiger partial charge in [-0.1, -0.05) is 35.3 Å². The maximum absolute atomic E-state index is 12.0. The molecule has 22 heavy (non-hydrogen) atoms. The third kappa shape index (κ3) is 3.18. The Labute approximate surface area is 137 Å². The van der Waals surface area contributed by atoms with Gasteiger partial charge in [0.1, 0.15) is 0 Å². The summed E-state index contributed by atoms with van der Waals surface area (Å²) in [5.74, 6) is 1.04. The number of hydrogen-bond donors (Lipinski definition) is 1. The highest BCUT2D eigenvalue weighted by atomic mass is 35.5. The number of rotatable bonds is 3. The van der Waals surface area contributed by atoms with E-state index in [1.54, 1.807) is 36.4 Å². The lowest BCUT2D eigenvalue weighted by Gasteiger charge is -2.06. The molecule has 6 heteroatoms. The van der Waals surface area contributed by atoms with Gasteiger partial charge >= 0.3 is 0 Å². The summed E-state index contributed by atoms with van der Waals surface area (Å²) < 4.78 is 10.5. The van der Waals surface area contributed by atoms with Gasteiger partial charge in [0, 0.05) is 6.08 Å². The quantitative estimate of drug-likeness (QED) is 0.847. The van der Waals surface area contributed by atoms with Crippen LogP contribution in [0.1, 0.15) is 5.56 Å². The van der Waals surface area contributed by atoms with Gasteiger partial charge in [-0.15, -0.1) is 0 Å². The fraction of sp³-hybridized carbons (Fsp3) is 0.0625. The van der Waals surface area contributed by atoms with E-state index in [1.165, 1.54) is 6.08 Å². The second-order valence-corrected chi connectivity index (χ2v) is 5.35. The van der Waals surface area contributed by atoms with Gasteiger partial charge in [0.05, 0.1) is 15.7 Å². The normalized spacial score (nSPS) is 12.6. The molecule has 0 atom stereocenters. The summed E-state index contributed by atoms with van der Waals surface area (Å²) >= 11 is 12.0. The molecule has 1 aliphatic heterocycles. The Balaban J connectivity index is 1.71. The molecule has 2 aromatic rings. The molecule has 0 aromatic heterocycles. The first-order valence-electron chi connectivity index (χ1n) is 6.46. The largest absolute Gasteiger partial charge is 0.454 e. The summed E-state index contributed by atoms with van der Waals surface area (Å²) in [7, 11) is 0. The zero-order chi connectivity index (χ0) is 15.5. The molecule has 0 bridgehead atoms. The third-order valence-electron chi connectivity index (χ3n) is 3.03.